The van der Waals surface area contributed by atoms with Crippen LogP contribution < -0.4 is 11.1 Å². The minimum absolute atomic E-state index is 0.184. The molecule has 0 spiro atoms. The number of anilines is 2. The van der Waals surface area contributed by atoms with Crippen LogP contribution in [0.4, 0.5) is 11.8 Å². The summed E-state index contributed by atoms with van der Waals surface area (Å²) in [6.07, 6.45) is 1.78. The van der Waals surface area contributed by atoms with Crippen molar-refractivity contribution in [2.45, 2.75) is 33.6 Å². The maximum absolute atomic E-state index is 9.38. The number of nitrogens with zero attached hydrogens (tertiary/aromatic N) is 3. The number of nitrogens with one attached hydrogen (secondary N) is 1. The minimum atomic E-state index is 0.184. The lowest BCUT2D eigenvalue weighted by Gasteiger charge is -2.14. The molecule has 0 aliphatic carbocycles. The molecule has 0 fully saturated rings. The Morgan fingerprint density at radius 2 is 1.97 bits per heavy atom. The number of aliphatic hydroxyl groups excluding tert-OH is 1. The topological polar surface area (TPSA) is 97.0 Å². The summed E-state index contributed by atoms with van der Waals surface area (Å²) in [6, 6.07) is 8.07. The van der Waals surface area contributed by atoms with Gasteiger partial charge >= 0.3 is 0 Å². The molecule has 0 aliphatic heterocycles. The van der Waals surface area contributed by atoms with Gasteiger partial charge < -0.3 is 16.2 Å². The molecule has 156 valence electrons. The molecule has 0 saturated carbocycles. The van der Waals surface area contributed by atoms with Gasteiger partial charge in [-0.25, -0.2) is 4.98 Å². The number of aryl methyl sites for hydroxylation is 2. The fourth-order valence-corrected chi connectivity index (χ4v) is 3.77. The van der Waals surface area contributed by atoms with Gasteiger partial charge in [0.05, 0.1) is 27.5 Å². The van der Waals surface area contributed by atoms with Crippen LogP contribution in [0.1, 0.15) is 42.3 Å². The van der Waals surface area contributed by atoms with Crippen molar-refractivity contribution >= 4 is 23.1 Å². The SMILES string of the molecule is CCC(CO)CCNc1nc(N)nc(C)c1C#Cc1ccc(-c2cccs2)nc1C. The van der Waals surface area contributed by atoms with Gasteiger partial charge in [0.2, 0.25) is 5.95 Å². The molecule has 0 radical (unpaired) electrons. The smallest absolute Gasteiger partial charge is 0.222 e. The van der Waals surface area contributed by atoms with Crippen molar-refractivity contribution in [2.24, 2.45) is 5.92 Å². The van der Waals surface area contributed by atoms with Crippen LogP contribution in [0.15, 0.2) is 29.6 Å². The molecule has 3 aromatic heterocycles. The summed E-state index contributed by atoms with van der Waals surface area (Å²) in [5.41, 5.74) is 10.0. The zero-order valence-corrected chi connectivity index (χ0v) is 18.4. The van der Waals surface area contributed by atoms with E-state index in [0.717, 1.165) is 45.9 Å². The molecular weight excluding hydrogens is 394 g/mol. The highest BCUT2D eigenvalue weighted by Gasteiger charge is 2.11. The van der Waals surface area contributed by atoms with Gasteiger partial charge in [-0.2, -0.15) is 4.98 Å². The maximum Gasteiger partial charge on any atom is 0.222 e. The van der Waals surface area contributed by atoms with E-state index in [1.165, 1.54) is 0 Å². The van der Waals surface area contributed by atoms with Crippen molar-refractivity contribution < 1.29 is 5.11 Å². The molecule has 1 atom stereocenters. The summed E-state index contributed by atoms with van der Waals surface area (Å²) in [4.78, 5) is 14.4. The van der Waals surface area contributed by atoms with Crippen LogP contribution in [-0.4, -0.2) is 33.2 Å². The number of hydrogen-bond donors (Lipinski definition) is 3. The van der Waals surface area contributed by atoms with Crippen LogP contribution in [0, 0.1) is 31.6 Å². The van der Waals surface area contributed by atoms with Crippen molar-refractivity contribution in [1.29, 1.82) is 0 Å². The zero-order chi connectivity index (χ0) is 21.5. The number of rotatable bonds is 7. The zero-order valence-electron chi connectivity index (χ0n) is 17.6. The molecule has 0 amide bonds. The first kappa shape index (κ1) is 21.8. The number of nitrogen functional groups attached to an aromatic ring is 1. The molecule has 0 bridgehead atoms. The minimum Gasteiger partial charge on any atom is -0.396 e. The molecule has 7 heteroatoms. The maximum atomic E-state index is 9.38. The molecule has 6 nitrogen and oxygen atoms in total. The first-order valence-corrected chi connectivity index (χ1v) is 10.9. The van der Waals surface area contributed by atoms with Crippen molar-refractivity contribution in [3.63, 3.8) is 0 Å². The van der Waals surface area contributed by atoms with E-state index in [-0.39, 0.29) is 18.5 Å². The van der Waals surface area contributed by atoms with Crippen LogP contribution in [0.5, 0.6) is 0 Å². The average molecular weight is 422 g/mol. The number of thiophene rings is 1. The highest BCUT2D eigenvalue weighted by molar-refractivity contribution is 7.13. The monoisotopic (exact) mass is 421 g/mol. The third kappa shape index (κ3) is 5.35. The highest BCUT2D eigenvalue weighted by Crippen LogP contribution is 2.24. The van der Waals surface area contributed by atoms with E-state index in [1.54, 1.807) is 11.3 Å². The number of nitrogens with two attached hydrogens (primary N) is 1. The van der Waals surface area contributed by atoms with Crippen molar-refractivity contribution in [1.82, 2.24) is 15.0 Å². The average Bonchev–Trinajstić information content (AvgIpc) is 3.26. The fraction of sp³-hybridized carbons (Fsp3) is 0.348. The van der Waals surface area contributed by atoms with Crippen LogP contribution in [0.3, 0.4) is 0 Å². The van der Waals surface area contributed by atoms with E-state index >= 15 is 0 Å². The number of pyridine rings is 1. The van der Waals surface area contributed by atoms with Crippen molar-refractivity contribution in [3.05, 3.63) is 52.2 Å². The van der Waals surface area contributed by atoms with E-state index in [0.29, 0.717) is 12.4 Å². The number of hydrogen-bond acceptors (Lipinski definition) is 7. The summed E-state index contributed by atoms with van der Waals surface area (Å²) in [7, 11) is 0. The Balaban J connectivity index is 1.84. The van der Waals surface area contributed by atoms with E-state index in [1.807, 2.05) is 37.4 Å². The van der Waals surface area contributed by atoms with E-state index in [4.69, 9.17) is 10.7 Å². The number of aromatic nitrogens is 3. The first-order chi connectivity index (χ1) is 14.5. The Morgan fingerprint density at radius 1 is 1.13 bits per heavy atom. The van der Waals surface area contributed by atoms with Gasteiger partial charge in [0.15, 0.2) is 0 Å². The second kappa shape index (κ2) is 10.2. The molecule has 0 aliphatic rings. The van der Waals surface area contributed by atoms with Gasteiger partial charge in [-0.15, -0.1) is 11.3 Å². The third-order valence-electron chi connectivity index (χ3n) is 4.97. The van der Waals surface area contributed by atoms with E-state index in [2.05, 4.69) is 40.1 Å². The Labute approximate surface area is 181 Å². The predicted octanol–water partition coefficient (Wildman–Crippen LogP) is 4.02. The summed E-state index contributed by atoms with van der Waals surface area (Å²) in [5.74, 6) is 7.53. The molecule has 0 saturated heterocycles. The second-order valence-electron chi connectivity index (χ2n) is 7.12. The molecule has 1 unspecified atom stereocenters. The second-order valence-corrected chi connectivity index (χ2v) is 8.07. The van der Waals surface area contributed by atoms with Crippen molar-refractivity contribution in [2.75, 3.05) is 24.2 Å². The molecular formula is C23H27N5OS. The van der Waals surface area contributed by atoms with Crippen LogP contribution in [-0.2, 0) is 0 Å². The molecule has 3 rings (SSSR count). The lowest BCUT2D eigenvalue weighted by atomic mass is 10.0. The number of aliphatic hydroxyl groups is 1. The van der Waals surface area contributed by atoms with Gasteiger partial charge in [0.1, 0.15) is 5.82 Å². The van der Waals surface area contributed by atoms with E-state index < -0.39 is 0 Å². The van der Waals surface area contributed by atoms with Gasteiger partial charge in [-0.05, 0) is 49.8 Å². The molecule has 0 aromatic carbocycles. The highest BCUT2D eigenvalue weighted by atomic mass is 32.1. The third-order valence-corrected chi connectivity index (χ3v) is 5.86. The first-order valence-electron chi connectivity index (χ1n) is 10.0. The summed E-state index contributed by atoms with van der Waals surface area (Å²) < 4.78 is 0. The molecule has 3 aromatic rings. The Kier molecular flexibility index (Phi) is 7.39. The Bertz CT molecular complexity index is 1050. The summed E-state index contributed by atoms with van der Waals surface area (Å²) in [5, 5.41) is 14.7. The Morgan fingerprint density at radius 3 is 2.63 bits per heavy atom. The predicted molar refractivity (Wildman–Crippen MR) is 123 cm³/mol. The van der Waals surface area contributed by atoms with Crippen LogP contribution >= 0.6 is 11.3 Å². The van der Waals surface area contributed by atoms with Gasteiger partial charge in [0.25, 0.3) is 0 Å². The Hall–Kier alpha value is -2.95. The van der Waals surface area contributed by atoms with E-state index in [9.17, 15) is 5.11 Å². The van der Waals surface area contributed by atoms with Crippen LogP contribution in [0.2, 0.25) is 0 Å². The van der Waals surface area contributed by atoms with Crippen molar-refractivity contribution in [3.8, 4) is 22.4 Å². The normalized spacial score (nSPS) is 11.6. The standard InChI is InChI=1S/C23H27N5OS/c1-4-17(14-29)11-12-25-22-19(16(3)27-23(24)28-22)9-7-18-8-10-20(26-15(18)2)21-6-5-13-30-21/h5-6,8,10,13,17,29H,4,11-12,14H2,1-3H3,(H3,24,25,27,28). The van der Waals surface area contributed by atoms with Gasteiger partial charge in [-0.1, -0.05) is 31.3 Å². The van der Waals surface area contributed by atoms with Gasteiger partial charge in [0, 0.05) is 18.7 Å². The lowest BCUT2D eigenvalue weighted by molar-refractivity contribution is 0.217. The molecule has 4 N–H and O–H groups in total. The largest absolute Gasteiger partial charge is 0.396 e. The van der Waals surface area contributed by atoms with Crippen LogP contribution in [0.25, 0.3) is 10.6 Å². The molecule has 3 heterocycles. The fourth-order valence-electron chi connectivity index (χ4n) is 3.08. The van der Waals surface area contributed by atoms with Gasteiger partial charge in [-0.3, -0.25) is 4.98 Å². The quantitative estimate of drug-likeness (QED) is 0.499. The molecule has 30 heavy (non-hydrogen) atoms. The summed E-state index contributed by atoms with van der Waals surface area (Å²) in [6.45, 7) is 6.78. The lowest BCUT2D eigenvalue weighted by Crippen LogP contribution is -2.14. The summed E-state index contributed by atoms with van der Waals surface area (Å²) >= 11 is 1.67.